The second kappa shape index (κ2) is 45.9. The summed E-state index contributed by atoms with van der Waals surface area (Å²) >= 11 is 0. The number of rotatable bonds is 19. The van der Waals surface area contributed by atoms with E-state index in [4.69, 9.17) is 28.4 Å². The maximum atomic E-state index is 9.99. The van der Waals surface area contributed by atoms with Crippen LogP contribution in [0.4, 0.5) is 0 Å². The average Bonchev–Trinajstić information content (AvgIpc) is 3.90. The van der Waals surface area contributed by atoms with E-state index in [0.717, 1.165) is 30.5 Å². The Morgan fingerprint density at radius 3 is 0.940 bits per heavy atom. The van der Waals surface area contributed by atoms with Crippen LogP contribution in [0.15, 0.2) is 158 Å². The van der Waals surface area contributed by atoms with Gasteiger partial charge in [-0.15, -0.1) is 0 Å². The highest BCUT2D eigenvalue weighted by Gasteiger charge is 2.45. The molecule has 0 radical (unpaired) electrons. The number of hydrogen-bond donors (Lipinski definition) is 1. The van der Waals surface area contributed by atoms with E-state index < -0.39 is 6.10 Å². The summed E-state index contributed by atoms with van der Waals surface area (Å²) < 4.78 is 33.4. The molecule has 84 heavy (non-hydrogen) atoms. The summed E-state index contributed by atoms with van der Waals surface area (Å²) in [6.45, 7) is 37.5. The second-order valence-corrected chi connectivity index (χ2v) is 19.4. The minimum Gasteiger partial charge on any atom is -0.491 e. The maximum absolute atomic E-state index is 9.99. The number of aliphatic hydroxyl groups is 1. The lowest BCUT2D eigenvalue weighted by Gasteiger charge is -2.44. The quantitative estimate of drug-likeness (QED) is 0.0639. The fourth-order valence-electron chi connectivity index (χ4n) is 11.3. The van der Waals surface area contributed by atoms with Crippen molar-refractivity contribution in [1.82, 2.24) is 0 Å². The Hall–Kier alpha value is -5.44. The predicted molar refractivity (Wildman–Crippen MR) is 361 cm³/mol. The van der Waals surface area contributed by atoms with Gasteiger partial charge in [-0.1, -0.05) is 276 Å². The monoisotopic (exact) mass is 1150 g/mol. The maximum Gasteiger partial charge on any atom is 0.119 e. The lowest BCUT2D eigenvalue weighted by atomic mass is 9.58. The van der Waals surface area contributed by atoms with Crippen molar-refractivity contribution in [1.29, 1.82) is 0 Å². The van der Waals surface area contributed by atoms with Gasteiger partial charge in [0, 0.05) is 17.9 Å². The normalized spacial score (nSPS) is 17.1. The van der Waals surface area contributed by atoms with E-state index in [9.17, 15) is 5.11 Å². The average molecular weight is 1160 g/mol. The minimum absolute atomic E-state index is 0.145. The van der Waals surface area contributed by atoms with Gasteiger partial charge in [0.05, 0.1) is 19.8 Å². The molecule has 2 saturated heterocycles. The Bertz CT molecular complexity index is 2410. The summed E-state index contributed by atoms with van der Waals surface area (Å²) in [6.07, 6.45) is 12.5. The summed E-state index contributed by atoms with van der Waals surface area (Å²) in [6, 6.07) is 57.4. The first-order valence-electron chi connectivity index (χ1n) is 33.2. The molecular formula is C77H118O7. The van der Waals surface area contributed by atoms with Gasteiger partial charge in [0.2, 0.25) is 0 Å². The molecule has 0 amide bonds. The lowest BCUT2D eigenvalue weighted by Crippen LogP contribution is -2.39. The standard InChI is InChI=1S/C32H38O5.C29H32O2.8C2H6/c1-34-20-28(33)21-35-29-16-12-26(13-17-29)32(24-8-4-2-5-9-24,25-10-6-3-7-11-25)27-14-18-30(19-15-27)36-22-31-23-37-31;1-22-12-14-25(15-13-22)29(23-8-4-2-5-9-23,24-10-6-3-7-11-24)26-16-18-27(19-17-26)30-20-28-21-31-28;8*1-2/h2,4-5,8-9,12-19,25,28,31,33H,3,6-7,10-11,20-23H2,1H3;2,4-5,8-9,12-19,24,28H,3,6-7,10-11,20-21H2,1H3;8*1-2H3. The van der Waals surface area contributed by atoms with Crippen LogP contribution >= 0.6 is 0 Å². The summed E-state index contributed by atoms with van der Waals surface area (Å²) in [5.41, 5.74) is 8.89. The molecule has 6 aromatic rings. The van der Waals surface area contributed by atoms with Crippen molar-refractivity contribution in [2.24, 2.45) is 11.8 Å². The van der Waals surface area contributed by atoms with Gasteiger partial charge < -0.3 is 33.5 Å². The third-order valence-corrected chi connectivity index (χ3v) is 14.8. The van der Waals surface area contributed by atoms with E-state index in [1.807, 2.05) is 123 Å². The summed E-state index contributed by atoms with van der Waals surface area (Å²) in [4.78, 5) is 0. The Balaban J connectivity index is 0.000000685. The molecule has 5 atom stereocenters. The number of epoxide rings is 2. The van der Waals surface area contributed by atoms with E-state index in [2.05, 4.69) is 153 Å². The Labute approximate surface area is 514 Å². The van der Waals surface area contributed by atoms with Crippen molar-refractivity contribution in [2.75, 3.05) is 46.8 Å². The van der Waals surface area contributed by atoms with Crippen LogP contribution in [0.1, 0.15) is 214 Å². The van der Waals surface area contributed by atoms with E-state index >= 15 is 0 Å². The predicted octanol–water partition coefficient (Wildman–Crippen LogP) is 20.7. The fourth-order valence-corrected chi connectivity index (χ4v) is 11.3. The van der Waals surface area contributed by atoms with E-state index in [-0.39, 0.29) is 36.3 Å². The van der Waals surface area contributed by atoms with Crippen LogP contribution in [0, 0.1) is 18.8 Å². The van der Waals surface area contributed by atoms with Gasteiger partial charge in [-0.05, 0) is 114 Å². The highest BCUT2D eigenvalue weighted by atomic mass is 16.6. The number of ether oxygens (including phenoxy) is 6. The molecule has 4 fully saturated rings. The van der Waals surface area contributed by atoms with Crippen LogP contribution in [0.3, 0.4) is 0 Å². The third-order valence-electron chi connectivity index (χ3n) is 14.8. The first kappa shape index (κ1) is 76.6. The van der Waals surface area contributed by atoms with Gasteiger partial charge in [-0.25, -0.2) is 0 Å². The lowest BCUT2D eigenvalue weighted by molar-refractivity contribution is 0.0325. The fraction of sp³-hybridized carbons (Fsp3) is 0.532. The summed E-state index contributed by atoms with van der Waals surface area (Å²) in [5, 5.41) is 9.99. The zero-order valence-corrected chi connectivity index (χ0v) is 56.1. The van der Waals surface area contributed by atoms with Crippen molar-refractivity contribution in [3.63, 3.8) is 0 Å². The van der Waals surface area contributed by atoms with Gasteiger partial charge in [-0.3, -0.25) is 0 Å². The van der Waals surface area contributed by atoms with Gasteiger partial charge in [0.1, 0.15) is 55.4 Å². The molecule has 2 aliphatic heterocycles. The molecule has 6 aromatic carbocycles. The van der Waals surface area contributed by atoms with Crippen LogP contribution in [0.2, 0.25) is 0 Å². The minimum atomic E-state index is -0.650. The number of methoxy groups -OCH3 is 1. The molecule has 0 aromatic heterocycles. The molecule has 0 spiro atoms. The Morgan fingerprint density at radius 2 is 0.655 bits per heavy atom. The van der Waals surface area contributed by atoms with Crippen molar-refractivity contribution in [3.05, 3.63) is 197 Å². The summed E-state index contributed by atoms with van der Waals surface area (Å²) in [5.74, 6) is 3.61. The molecule has 1 N–H and O–H groups in total. The number of benzene rings is 6. The highest BCUT2D eigenvalue weighted by Crippen LogP contribution is 2.52. The molecule has 0 bridgehead atoms. The zero-order chi connectivity index (χ0) is 62.6. The van der Waals surface area contributed by atoms with Gasteiger partial charge in [0.25, 0.3) is 0 Å². The summed E-state index contributed by atoms with van der Waals surface area (Å²) in [7, 11) is 1.58. The largest absolute Gasteiger partial charge is 0.491 e. The van der Waals surface area contributed by atoms with E-state index in [1.54, 1.807) is 7.11 Å². The molecule has 7 heteroatoms. The number of aliphatic hydroxyl groups excluding tert-OH is 1. The Kier molecular flexibility index (Phi) is 41.8. The van der Waals surface area contributed by atoms with Crippen molar-refractivity contribution in [3.8, 4) is 17.2 Å². The molecule has 7 nitrogen and oxygen atoms in total. The van der Waals surface area contributed by atoms with Gasteiger partial charge >= 0.3 is 0 Å². The highest BCUT2D eigenvalue weighted by molar-refractivity contribution is 5.55. The van der Waals surface area contributed by atoms with Crippen molar-refractivity contribution < 1.29 is 33.5 Å². The van der Waals surface area contributed by atoms with Crippen molar-refractivity contribution >= 4 is 0 Å². The topological polar surface area (TPSA) is 82.2 Å². The molecule has 2 aliphatic carbocycles. The van der Waals surface area contributed by atoms with Crippen LogP contribution in [0.25, 0.3) is 0 Å². The second-order valence-electron chi connectivity index (χ2n) is 19.4. The SMILES string of the molecule is CC.CC.CC.CC.CC.CC.CC.CC.COCC(O)COc1ccc(C(c2ccccc2)(c2ccc(OCC3CO3)cc2)C2CCCCC2)cc1.Cc1ccc(C(c2ccccc2)(c2ccc(OCC3CO3)cc2)C2CCCCC2)cc1. The Morgan fingerprint density at radius 1 is 0.381 bits per heavy atom. The van der Waals surface area contributed by atoms with Crippen molar-refractivity contribution in [2.45, 2.75) is 211 Å². The van der Waals surface area contributed by atoms with Gasteiger partial charge in [0.15, 0.2) is 0 Å². The van der Waals surface area contributed by atoms with E-state index in [1.165, 1.54) is 103 Å². The zero-order valence-electron chi connectivity index (χ0n) is 56.1. The molecule has 468 valence electrons. The molecule has 2 saturated carbocycles. The first-order valence-corrected chi connectivity index (χ1v) is 33.2. The number of hydrogen-bond acceptors (Lipinski definition) is 7. The first-order chi connectivity index (χ1) is 41.5. The van der Waals surface area contributed by atoms with Gasteiger partial charge in [-0.2, -0.15) is 0 Å². The molecule has 10 rings (SSSR count). The van der Waals surface area contributed by atoms with Crippen LogP contribution in [0.5, 0.6) is 17.2 Å². The van der Waals surface area contributed by atoms with Crippen LogP contribution in [-0.4, -0.2) is 70.2 Å². The molecule has 4 aliphatic rings. The van der Waals surface area contributed by atoms with E-state index in [0.29, 0.717) is 25.0 Å². The van der Waals surface area contributed by atoms with Crippen LogP contribution in [-0.2, 0) is 25.0 Å². The molecule has 2 heterocycles. The molecule has 5 unspecified atom stereocenters. The van der Waals surface area contributed by atoms with Crippen LogP contribution < -0.4 is 14.2 Å². The smallest absolute Gasteiger partial charge is 0.119 e. The molecular weight excluding hydrogens is 1040 g/mol. The third kappa shape index (κ3) is 22.8. The number of aryl methyl sites for hydroxylation is 1.